The molecular weight excluding hydrogens is 418 g/mol. The summed E-state index contributed by atoms with van der Waals surface area (Å²) in [6, 6.07) is 13.5. The molecule has 4 heterocycles. The second-order valence-corrected chi connectivity index (χ2v) is 7.65. The molecule has 1 saturated heterocycles. The maximum Gasteiger partial charge on any atom is 0.295 e. The molecule has 9 heteroatoms. The first-order valence-electron chi connectivity index (χ1n) is 10.5. The van der Waals surface area contributed by atoms with Gasteiger partial charge in [-0.15, -0.1) is 4.80 Å². The number of nitriles is 1. The number of hydrogen-bond acceptors (Lipinski definition) is 6. The van der Waals surface area contributed by atoms with E-state index in [2.05, 4.69) is 26.2 Å². The number of pyridine rings is 1. The topological polar surface area (TPSA) is 121 Å². The van der Waals surface area contributed by atoms with Gasteiger partial charge in [0.2, 0.25) is 0 Å². The second-order valence-electron chi connectivity index (χ2n) is 7.65. The number of carbonyl (C=O) groups is 2. The molecule has 0 saturated carbocycles. The summed E-state index contributed by atoms with van der Waals surface area (Å²) in [5, 5.41) is 17.9. The molecule has 1 fully saturated rings. The number of likely N-dealkylation sites (tertiary alicyclic amines) is 1. The van der Waals surface area contributed by atoms with Crippen molar-refractivity contribution in [3.63, 3.8) is 0 Å². The first-order chi connectivity index (χ1) is 16.2. The van der Waals surface area contributed by atoms with Gasteiger partial charge in [0.15, 0.2) is 0 Å². The number of Topliss-reactive ketones (excluding diaryl/α,β-unsaturated/α-hetero) is 1. The highest BCUT2D eigenvalue weighted by Gasteiger charge is 2.29. The quantitative estimate of drug-likeness (QED) is 0.298. The summed E-state index contributed by atoms with van der Waals surface area (Å²) in [6.45, 7) is 0.770. The summed E-state index contributed by atoms with van der Waals surface area (Å²) < 4.78 is 0. The Morgan fingerprint density at radius 3 is 2.42 bits per heavy atom. The number of nitrogens with one attached hydrogen (secondary N) is 1. The number of carbonyl (C=O) groups excluding carboxylic acids is 2. The molecule has 1 aliphatic rings. The SMILES string of the molecule is N#CC(=C1CCN(C(=O)C(=O)c2c[nH]c3c(-n4nccn4)ccnc23)CC1)c1ccccc1. The number of piperidine rings is 1. The number of aromatic nitrogens is 5. The van der Waals surface area contributed by atoms with E-state index in [1.165, 1.54) is 11.0 Å². The molecule has 162 valence electrons. The van der Waals surface area contributed by atoms with Gasteiger partial charge in [-0.25, -0.2) is 0 Å². The molecule has 0 radical (unpaired) electrons. The number of benzene rings is 1. The van der Waals surface area contributed by atoms with Crippen molar-refractivity contribution in [1.29, 1.82) is 5.26 Å². The lowest BCUT2D eigenvalue weighted by Crippen LogP contribution is -2.40. The highest BCUT2D eigenvalue weighted by molar-refractivity contribution is 6.44. The zero-order chi connectivity index (χ0) is 22.8. The average Bonchev–Trinajstić information content (AvgIpc) is 3.55. The van der Waals surface area contributed by atoms with Crippen molar-refractivity contribution in [3.05, 3.63) is 77.9 Å². The van der Waals surface area contributed by atoms with Crippen molar-refractivity contribution < 1.29 is 9.59 Å². The lowest BCUT2D eigenvalue weighted by molar-refractivity contribution is -0.126. The van der Waals surface area contributed by atoms with Crippen LogP contribution in [0.3, 0.4) is 0 Å². The van der Waals surface area contributed by atoms with Crippen LogP contribution in [0.2, 0.25) is 0 Å². The maximum absolute atomic E-state index is 13.1. The van der Waals surface area contributed by atoms with E-state index in [1.54, 1.807) is 29.6 Å². The zero-order valence-corrected chi connectivity index (χ0v) is 17.6. The standard InChI is InChI=1S/C24H19N7O2/c25-14-18(16-4-2-1-3-5-16)17-7-12-30(13-8-17)24(33)23(32)19-15-27-22-20(6-9-26-21(19)22)31-28-10-11-29-31/h1-6,9-11,15,27H,7-8,12-13H2. The van der Waals surface area contributed by atoms with Crippen LogP contribution in [0.1, 0.15) is 28.8 Å². The van der Waals surface area contributed by atoms with E-state index in [0.29, 0.717) is 48.2 Å². The van der Waals surface area contributed by atoms with Crippen molar-refractivity contribution in [1.82, 2.24) is 29.9 Å². The van der Waals surface area contributed by atoms with Crippen molar-refractivity contribution in [2.75, 3.05) is 13.1 Å². The van der Waals surface area contributed by atoms with Gasteiger partial charge in [0, 0.05) is 25.5 Å². The number of hydrogen-bond donors (Lipinski definition) is 1. The summed E-state index contributed by atoms with van der Waals surface area (Å²) >= 11 is 0. The Bertz CT molecular complexity index is 1400. The van der Waals surface area contributed by atoms with Gasteiger partial charge in [-0.05, 0) is 30.0 Å². The lowest BCUT2D eigenvalue weighted by atomic mass is 9.93. The Balaban J connectivity index is 1.36. The van der Waals surface area contributed by atoms with Gasteiger partial charge in [0.1, 0.15) is 11.2 Å². The smallest absolute Gasteiger partial charge is 0.295 e. The van der Waals surface area contributed by atoms with Crippen LogP contribution >= 0.6 is 0 Å². The monoisotopic (exact) mass is 437 g/mol. The summed E-state index contributed by atoms with van der Waals surface area (Å²) in [5.41, 5.74) is 4.35. The molecule has 1 N–H and O–H groups in total. The molecule has 1 aromatic carbocycles. The molecule has 0 atom stereocenters. The van der Waals surface area contributed by atoms with E-state index in [-0.39, 0.29) is 5.56 Å². The Morgan fingerprint density at radius 2 is 1.73 bits per heavy atom. The van der Waals surface area contributed by atoms with E-state index in [9.17, 15) is 14.9 Å². The van der Waals surface area contributed by atoms with Crippen LogP contribution in [0.4, 0.5) is 0 Å². The van der Waals surface area contributed by atoms with Crippen molar-refractivity contribution in [2.45, 2.75) is 12.8 Å². The number of nitrogens with zero attached hydrogens (tertiary/aromatic N) is 6. The minimum absolute atomic E-state index is 0.215. The predicted molar refractivity (Wildman–Crippen MR) is 120 cm³/mol. The number of rotatable bonds is 4. The molecule has 0 spiro atoms. The molecule has 33 heavy (non-hydrogen) atoms. The first-order valence-corrected chi connectivity index (χ1v) is 10.5. The van der Waals surface area contributed by atoms with Gasteiger partial charge >= 0.3 is 0 Å². The molecule has 0 aliphatic carbocycles. The van der Waals surface area contributed by atoms with Crippen molar-refractivity contribution >= 4 is 28.3 Å². The largest absolute Gasteiger partial charge is 0.357 e. The van der Waals surface area contributed by atoms with Crippen molar-refractivity contribution in [2.24, 2.45) is 0 Å². The van der Waals surface area contributed by atoms with Gasteiger partial charge in [-0.1, -0.05) is 30.3 Å². The third kappa shape index (κ3) is 3.68. The van der Waals surface area contributed by atoms with Gasteiger partial charge in [0.25, 0.3) is 11.7 Å². The second kappa shape index (κ2) is 8.51. The van der Waals surface area contributed by atoms with Crippen LogP contribution in [-0.2, 0) is 4.79 Å². The highest BCUT2D eigenvalue weighted by Crippen LogP contribution is 2.27. The number of H-pyrrole nitrogens is 1. The number of aromatic amines is 1. The third-order valence-electron chi connectivity index (χ3n) is 5.80. The van der Waals surface area contributed by atoms with Gasteiger partial charge in [0.05, 0.1) is 35.1 Å². The van der Waals surface area contributed by atoms with E-state index >= 15 is 0 Å². The highest BCUT2D eigenvalue weighted by atomic mass is 16.2. The van der Waals surface area contributed by atoms with Crippen LogP contribution in [0.15, 0.2) is 66.8 Å². The van der Waals surface area contributed by atoms with Crippen molar-refractivity contribution in [3.8, 4) is 11.8 Å². The molecule has 0 bridgehead atoms. The third-order valence-corrected chi connectivity index (χ3v) is 5.80. The lowest BCUT2D eigenvalue weighted by Gasteiger charge is -2.28. The number of ketones is 1. The number of fused-ring (bicyclic) bond motifs is 1. The van der Waals surface area contributed by atoms with Gasteiger partial charge in [-0.3, -0.25) is 14.6 Å². The van der Waals surface area contributed by atoms with Crippen LogP contribution in [-0.4, -0.2) is 54.6 Å². The van der Waals surface area contributed by atoms with Crippen LogP contribution in [0, 0.1) is 11.3 Å². The molecule has 1 aliphatic heterocycles. The normalized spacial score (nSPS) is 13.7. The summed E-state index contributed by atoms with van der Waals surface area (Å²) in [7, 11) is 0. The summed E-state index contributed by atoms with van der Waals surface area (Å²) in [6.07, 6.45) is 7.28. The minimum Gasteiger partial charge on any atom is -0.357 e. The molecule has 1 amide bonds. The Hall–Kier alpha value is -4.58. The Labute approximate surface area is 189 Å². The fourth-order valence-corrected chi connectivity index (χ4v) is 4.13. The fourth-order valence-electron chi connectivity index (χ4n) is 4.13. The van der Waals surface area contributed by atoms with Gasteiger partial charge in [-0.2, -0.15) is 15.5 Å². The maximum atomic E-state index is 13.1. The van der Waals surface area contributed by atoms with E-state index in [0.717, 1.165) is 11.1 Å². The van der Waals surface area contributed by atoms with Crippen LogP contribution in [0.25, 0.3) is 22.3 Å². The number of allylic oxidation sites excluding steroid dienone is 1. The molecule has 4 aromatic rings. The Morgan fingerprint density at radius 1 is 1.00 bits per heavy atom. The minimum atomic E-state index is -0.615. The first kappa shape index (κ1) is 20.3. The number of amides is 1. The zero-order valence-electron chi connectivity index (χ0n) is 17.6. The predicted octanol–water partition coefficient (Wildman–Crippen LogP) is 2.93. The van der Waals surface area contributed by atoms with Crippen LogP contribution in [0.5, 0.6) is 0 Å². The van der Waals surface area contributed by atoms with E-state index < -0.39 is 11.7 Å². The molecular formula is C24H19N7O2. The summed E-state index contributed by atoms with van der Waals surface area (Å²) in [4.78, 5) is 36.4. The van der Waals surface area contributed by atoms with Gasteiger partial charge < -0.3 is 9.88 Å². The van der Waals surface area contributed by atoms with E-state index in [4.69, 9.17) is 0 Å². The van der Waals surface area contributed by atoms with E-state index in [1.807, 2.05) is 30.3 Å². The molecule has 9 nitrogen and oxygen atoms in total. The van der Waals surface area contributed by atoms with Crippen LogP contribution < -0.4 is 0 Å². The molecule has 5 rings (SSSR count). The molecule has 3 aromatic heterocycles. The average molecular weight is 437 g/mol. The summed E-state index contributed by atoms with van der Waals surface area (Å²) in [5.74, 6) is -1.19. The Kier molecular flexibility index (Phi) is 5.24. The fraction of sp³-hybridized carbons (Fsp3) is 0.167. The molecule has 0 unspecified atom stereocenters.